The van der Waals surface area contributed by atoms with Gasteiger partial charge in [-0.05, 0) is 41.8 Å². The van der Waals surface area contributed by atoms with Gasteiger partial charge >= 0.3 is 0 Å². The van der Waals surface area contributed by atoms with Gasteiger partial charge in [-0.25, -0.2) is 8.42 Å². The lowest BCUT2D eigenvalue weighted by atomic mass is 10.2. The van der Waals surface area contributed by atoms with Crippen molar-refractivity contribution < 1.29 is 22.6 Å². The average molecular weight is 483 g/mol. The highest BCUT2D eigenvalue weighted by Gasteiger charge is 2.26. The van der Waals surface area contributed by atoms with Crippen LogP contribution < -0.4 is 9.47 Å². The van der Waals surface area contributed by atoms with Crippen LogP contribution in [0.25, 0.3) is 0 Å². The number of hydrogen-bond donors (Lipinski definition) is 0. The van der Waals surface area contributed by atoms with Gasteiger partial charge in [-0.1, -0.05) is 18.2 Å². The molecule has 0 aromatic heterocycles. The fourth-order valence-corrected chi connectivity index (χ4v) is 5.27. The summed E-state index contributed by atoms with van der Waals surface area (Å²) < 4.78 is 44.8. The molecule has 1 heterocycles. The summed E-state index contributed by atoms with van der Waals surface area (Å²) in [6.07, 6.45) is 0.703. The lowest BCUT2D eigenvalue weighted by molar-refractivity contribution is 0.0361. The molecule has 0 saturated carbocycles. The predicted octanol–water partition coefficient (Wildman–Crippen LogP) is 3.01. The summed E-state index contributed by atoms with van der Waals surface area (Å²) in [4.78, 5) is 2.50. The van der Waals surface area contributed by atoms with Gasteiger partial charge in [0.1, 0.15) is 0 Å². The highest BCUT2D eigenvalue weighted by atomic mass is 35.5. The molecule has 3 rings (SSSR count). The minimum Gasteiger partial charge on any atom is -0.493 e. The summed E-state index contributed by atoms with van der Waals surface area (Å²) in [7, 11) is -0.556. The number of hydrogen-bond acceptors (Lipinski definition) is 6. The fourth-order valence-electron chi connectivity index (χ4n) is 3.63. The van der Waals surface area contributed by atoms with E-state index in [2.05, 4.69) is 4.90 Å². The minimum atomic E-state index is -3.70. The van der Waals surface area contributed by atoms with E-state index in [1.165, 1.54) is 4.31 Å². The summed E-state index contributed by atoms with van der Waals surface area (Å²) in [6, 6.07) is 12.4. The van der Waals surface area contributed by atoms with Crippen molar-refractivity contribution in [1.29, 1.82) is 0 Å². The summed E-state index contributed by atoms with van der Waals surface area (Å²) >= 11 is 5.81. The van der Waals surface area contributed by atoms with Gasteiger partial charge in [0.05, 0.1) is 32.3 Å². The Kier molecular flexibility index (Phi) is 9.19. The van der Waals surface area contributed by atoms with Crippen LogP contribution >= 0.6 is 11.6 Å². The van der Waals surface area contributed by atoms with Crippen molar-refractivity contribution in [1.82, 2.24) is 9.21 Å². The standard InChI is InChI=1S/C23H31ClN2O5S/c1-29-22-8-5-20(17-23(22)30-2)18-26(12-11-25-13-15-31-16-14-25)32(27,28)21-6-3-19(4-7-21)9-10-24/h3-8,17H,9-16,18H2,1-2H3. The summed E-state index contributed by atoms with van der Waals surface area (Å²) in [5, 5.41) is 0. The molecule has 1 fully saturated rings. The number of halogens is 1. The highest BCUT2D eigenvalue weighted by Crippen LogP contribution is 2.29. The lowest BCUT2D eigenvalue weighted by Gasteiger charge is -2.30. The van der Waals surface area contributed by atoms with E-state index >= 15 is 0 Å². The molecule has 2 aromatic carbocycles. The molecule has 0 atom stereocenters. The maximum Gasteiger partial charge on any atom is 0.243 e. The summed E-state index contributed by atoms with van der Waals surface area (Å²) in [6.45, 7) is 4.19. The van der Waals surface area contributed by atoms with Crippen molar-refractivity contribution in [3.05, 3.63) is 53.6 Å². The van der Waals surface area contributed by atoms with Crippen LogP contribution in [0.1, 0.15) is 11.1 Å². The first-order chi connectivity index (χ1) is 15.5. The molecule has 32 heavy (non-hydrogen) atoms. The van der Waals surface area contributed by atoms with Crippen LogP contribution in [-0.2, 0) is 27.7 Å². The number of methoxy groups -OCH3 is 2. The van der Waals surface area contributed by atoms with Crippen molar-refractivity contribution in [2.75, 3.05) is 59.5 Å². The molecule has 0 amide bonds. The van der Waals surface area contributed by atoms with Crippen LogP contribution in [0, 0.1) is 0 Å². The lowest BCUT2D eigenvalue weighted by Crippen LogP contribution is -2.42. The van der Waals surface area contributed by atoms with Gasteiger partial charge in [0.15, 0.2) is 11.5 Å². The maximum absolute atomic E-state index is 13.6. The van der Waals surface area contributed by atoms with E-state index in [1.54, 1.807) is 32.4 Å². The normalized spacial score (nSPS) is 15.1. The third-order valence-electron chi connectivity index (χ3n) is 5.52. The number of alkyl halides is 1. The van der Waals surface area contributed by atoms with E-state index < -0.39 is 10.0 Å². The Morgan fingerprint density at radius 1 is 1.00 bits per heavy atom. The molecule has 7 nitrogen and oxygen atoms in total. The van der Waals surface area contributed by atoms with E-state index in [0.717, 1.165) is 24.2 Å². The topological polar surface area (TPSA) is 68.3 Å². The molecular weight excluding hydrogens is 452 g/mol. The van der Waals surface area contributed by atoms with E-state index in [4.69, 9.17) is 25.8 Å². The average Bonchev–Trinajstić information content (AvgIpc) is 2.82. The summed E-state index contributed by atoms with van der Waals surface area (Å²) in [5.41, 5.74) is 1.84. The predicted molar refractivity (Wildman–Crippen MR) is 125 cm³/mol. The van der Waals surface area contributed by atoms with Crippen LogP contribution in [-0.4, -0.2) is 77.1 Å². The van der Waals surface area contributed by atoms with Gasteiger partial charge < -0.3 is 14.2 Å². The zero-order valence-electron chi connectivity index (χ0n) is 18.6. The van der Waals surface area contributed by atoms with E-state index in [-0.39, 0.29) is 11.4 Å². The molecule has 9 heteroatoms. The molecule has 0 N–H and O–H groups in total. The zero-order chi connectivity index (χ0) is 23.0. The smallest absolute Gasteiger partial charge is 0.243 e. The third-order valence-corrected chi connectivity index (χ3v) is 7.57. The summed E-state index contributed by atoms with van der Waals surface area (Å²) in [5.74, 6) is 1.67. The second-order valence-electron chi connectivity index (χ2n) is 7.56. The molecule has 2 aromatic rings. The van der Waals surface area contributed by atoms with Gasteiger partial charge in [0, 0.05) is 38.6 Å². The molecule has 0 aliphatic carbocycles. The van der Waals surface area contributed by atoms with Crippen LogP contribution in [0.3, 0.4) is 0 Å². The van der Waals surface area contributed by atoms with E-state index in [1.807, 2.05) is 24.3 Å². The van der Waals surface area contributed by atoms with Crippen LogP contribution in [0.5, 0.6) is 11.5 Å². The van der Waals surface area contributed by atoms with Crippen molar-refractivity contribution in [2.24, 2.45) is 0 Å². The van der Waals surface area contributed by atoms with Gasteiger partial charge in [-0.2, -0.15) is 4.31 Å². The Balaban J connectivity index is 1.85. The van der Waals surface area contributed by atoms with Gasteiger partial charge in [0.25, 0.3) is 0 Å². The van der Waals surface area contributed by atoms with Crippen LogP contribution in [0.2, 0.25) is 0 Å². The molecule has 0 unspecified atom stereocenters. The molecule has 0 radical (unpaired) electrons. The first-order valence-corrected chi connectivity index (χ1v) is 12.6. The number of morpholine rings is 1. The first-order valence-electron chi connectivity index (χ1n) is 10.6. The van der Waals surface area contributed by atoms with Crippen molar-refractivity contribution in [3.8, 4) is 11.5 Å². The van der Waals surface area contributed by atoms with Crippen molar-refractivity contribution in [2.45, 2.75) is 17.9 Å². The molecular formula is C23H31ClN2O5S. The maximum atomic E-state index is 13.6. The van der Waals surface area contributed by atoms with Crippen LogP contribution in [0.4, 0.5) is 0 Å². The monoisotopic (exact) mass is 482 g/mol. The molecule has 1 aliphatic rings. The van der Waals surface area contributed by atoms with Crippen LogP contribution in [0.15, 0.2) is 47.4 Å². The second-order valence-corrected chi connectivity index (χ2v) is 9.88. The van der Waals surface area contributed by atoms with Crippen molar-refractivity contribution in [3.63, 3.8) is 0 Å². The zero-order valence-corrected chi connectivity index (χ0v) is 20.2. The Morgan fingerprint density at radius 3 is 2.28 bits per heavy atom. The number of ether oxygens (including phenoxy) is 3. The molecule has 0 bridgehead atoms. The third kappa shape index (κ3) is 6.36. The quantitative estimate of drug-likeness (QED) is 0.459. The van der Waals surface area contributed by atoms with Crippen molar-refractivity contribution >= 4 is 21.6 Å². The Morgan fingerprint density at radius 2 is 1.66 bits per heavy atom. The fraction of sp³-hybridized carbons (Fsp3) is 0.478. The Bertz CT molecular complexity index is 963. The molecule has 1 aliphatic heterocycles. The second kappa shape index (κ2) is 11.9. The number of benzene rings is 2. The highest BCUT2D eigenvalue weighted by molar-refractivity contribution is 7.89. The molecule has 1 saturated heterocycles. The number of sulfonamides is 1. The largest absolute Gasteiger partial charge is 0.493 e. The van der Waals surface area contributed by atoms with Gasteiger partial charge in [-0.3, -0.25) is 4.90 Å². The Labute approximate surface area is 195 Å². The Hall–Kier alpha value is -1.84. The SMILES string of the molecule is COc1ccc(CN(CCN2CCOCC2)S(=O)(=O)c2ccc(CCCl)cc2)cc1OC. The van der Waals surface area contributed by atoms with Gasteiger partial charge in [-0.15, -0.1) is 11.6 Å². The number of nitrogens with zero attached hydrogens (tertiary/aromatic N) is 2. The molecule has 0 spiro atoms. The molecule has 176 valence electrons. The number of rotatable bonds is 11. The number of aryl methyl sites for hydroxylation is 1. The first kappa shape index (κ1) is 24.8. The van der Waals surface area contributed by atoms with E-state index in [0.29, 0.717) is 50.1 Å². The van der Waals surface area contributed by atoms with E-state index in [9.17, 15) is 8.42 Å². The van der Waals surface area contributed by atoms with Gasteiger partial charge in [0.2, 0.25) is 10.0 Å². The minimum absolute atomic E-state index is 0.233.